The molecule has 170 valence electrons. The summed E-state index contributed by atoms with van der Waals surface area (Å²) in [5, 5.41) is 3.45. The van der Waals surface area contributed by atoms with Crippen LogP contribution in [-0.4, -0.2) is 50.9 Å². The SMILES string of the molecule is CC1CN(c2ccc(NC(=O)CCCCNS(=O)(=O)C(C)(C)C)cc2Cl)CC(C)O1. The van der Waals surface area contributed by atoms with E-state index >= 15 is 0 Å². The Bertz CT molecular complexity index is 829. The van der Waals surface area contributed by atoms with Crippen LogP contribution in [0.1, 0.15) is 53.9 Å². The second-order valence-electron chi connectivity index (χ2n) is 8.84. The number of rotatable bonds is 8. The summed E-state index contributed by atoms with van der Waals surface area (Å²) >= 11 is 6.47. The van der Waals surface area contributed by atoms with Gasteiger partial charge in [0.2, 0.25) is 15.9 Å². The average Bonchev–Trinajstić information content (AvgIpc) is 2.59. The summed E-state index contributed by atoms with van der Waals surface area (Å²) in [4.78, 5) is 14.4. The van der Waals surface area contributed by atoms with Crippen LogP contribution < -0.4 is 14.9 Å². The highest BCUT2D eigenvalue weighted by Crippen LogP contribution is 2.31. The van der Waals surface area contributed by atoms with E-state index in [9.17, 15) is 13.2 Å². The van der Waals surface area contributed by atoms with Gasteiger partial charge >= 0.3 is 0 Å². The number of nitrogens with one attached hydrogen (secondary N) is 2. The van der Waals surface area contributed by atoms with Gasteiger partial charge in [-0.2, -0.15) is 0 Å². The number of amides is 1. The second-order valence-corrected chi connectivity index (χ2v) is 11.8. The zero-order valence-corrected chi connectivity index (χ0v) is 20.1. The maximum Gasteiger partial charge on any atom is 0.224 e. The molecule has 0 spiro atoms. The van der Waals surface area contributed by atoms with Gasteiger partial charge < -0.3 is 15.0 Å². The van der Waals surface area contributed by atoms with Gasteiger partial charge in [-0.3, -0.25) is 4.79 Å². The Kier molecular flexibility index (Phi) is 8.56. The van der Waals surface area contributed by atoms with Gasteiger partial charge in [-0.15, -0.1) is 0 Å². The van der Waals surface area contributed by atoms with Crippen molar-refractivity contribution in [3.05, 3.63) is 23.2 Å². The minimum atomic E-state index is -3.35. The fraction of sp³-hybridized carbons (Fsp3) is 0.667. The highest BCUT2D eigenvalue weighted by Gasteiger charge is 2.28. The molecule has 0 aliphatic carbocycles. The topological polar surface area (TPSA) is 87.7 Å². The molecule has 0 aromatic heterocycles. The monoisotopic (exact) mass is 459 g/mol. The van der Waals surface area contributed by atoms with Crippen LogP contribution in [0.15, 0.2) is 18.2 Å². The van der Waals surface area contributed by atoms with Gasteiger partial charge in [-0.05, 0) is 65.7 Å². The van der Waals surface area contributed by atoms with Gasteiger partial charge in [0.05, 0.1) is 27.7 Å². The van der Waals surface area contributed by atoms with Crippen LogP contribution in [0.25, 0.3) is 0 Å². The molecule has 7 nitrogen and oxygen atoms in total. The molecule has 1 fully saturated rings. The van der Waals surface area contributed by atoms with Crippen molar-refractivity contribution < 1.29 is 17.9 Å². The molecule has 1 saturated heterocycles. The number of hydrogen-bond acceptors (Lipinski definition) is 5. The molecule has 1 aliphatic rings. The van der Waals surface area contributed by atoms with Gasteiger partial charge in [-0.1, -0.05) is 11.6 Å². The molecule has 2 atom stereocenters. The Morgan fingerprint density at radius 1 is 1.20 bits per heavy atom. The molecule has 0 bridgehead atoms. The van der Waals surface area contributed by atoms with E-state index in [1.54, 1.807) is 26.8 Å². The molecule has 1 aliphatic heterocycles. The Hall–Kier alpha value is -1.35. The van der Waals surface area contributed by atoms with E-state index in [2.05, 4.69) is 14.9 Å². The summed E-state index contributed by atoms with van der Waals surface area (Å²) in [6.07, 6.45) is 1.77. The number of hydrogen-bond donors (Lipinski definition) is 2. The molecular weight excluding hydrogens is 426 g/mol. The number of anilines is 2. The first-order valence-electron chi connectivity index (χ1n) is 10.4. The van der Waals surface area contributed by atoms with Crippen LogP contribution in [0.3, 0.4) is 0 Å². The molecule has 1 amide bonds. The van der Waals surface area contributed by atoms with Gasteiger partial charge in [0, 0.05) is 31.7 Å². The maximum atomic E-state index is 12.2. The van der Waals surface area contributed by atoms with Crippen LogP contribution in [0.2, 0.25) is 5.02 Å². The minimum absolute atomic E-state index is 0.119. The molecule has 2 unspecified atom stereocenters. The fourth-order valence-electron chi connectivity index (χ4n) is 3.27. The molecule has 2 N–H and O–H groups in total. The Labute approximate surface area is 185 Å². The summed E-state index contributed by atoms with van der Waals surface area (Å²) in [5.74, 6) is -0.119. The summed E-state index contributed by atoms with van der Waals surface area (Å²) in [7, 11) is -3.35. The summed E-state index contributed by atoms with van der Waals surface area (Å²) in [6, 6.07) is 5.53. The fourth-order valence-corrected chi connectivity index (χ4v) is 4.42. The van der Waals surface area contributed by atoms with Crippen molar-refractivity contribution in [2.45, 2.75) is 70.8 Å². The first-order chi connectivity index (χ1) is 13.9. The van der Waals surface area contributed by atoms with Crippen molar-refractivity contribution in [2.75, 3.05) is 29.9 Å². The molecule has 9 heteroatoms. The van der Waals surface area contributed by atoms with E-state index in [4.69, 9.17) is 16.3 Å². The van der Waals surface area contributed by atoms with Crippen LogP contribution in [0, 0.1) is 0 Å². The lowest BCUT2D eigenvalue weighted by Crippen LogP contribution is -2.45. The number of ether oxygens (including phenoxy) is 1. The standard InChI is InChI=1S/C21H34ClN3O4S/c1-15-13-25(14-16(2)29-15)19-10-9-17(12-18(19)22)24-20(26)8-6-7-11-23-30(27,28)21(3,4)5/h9-10,12,15-16,23H,6-8,11,13-14H2,1-5H3,(H,24,26). The number of halogens is 1. The van der Waals surface area contributed by atoms with Gasteiger partial charge in [0.1, 0.15) is 0 Å². The van der Waals surface area contributed by atoms with Crippen molar-refractivity contribution in [3.8, 4) is 0 Å². The van der Waals surface area contributed by atoms with E-state index < -0.39 is 14.8 Å². The largest absolute Gasteiger partial charge is 0.372 e. The van der Waals surface area contributed by atoms with Crippen molar-refractivity contribution >= 4 is 38.9 Å². The molecule has 1 aromatic rings. The lowest BCUT2D eigenvalue weighted by atomic mass is 10.2. The molecular formula is C21H34ClN3O4S. The normalized spacial score (nSPS) is 20.3. The van der Waals surface area contributed by atoms with Gasteiger partial charge in [0.15, 0.2) is 0 Å². The third kappa shape index (κ3) is 7.11. The Balaban J connectivity index is 1.80. The highest BCUT2D eigenvalue weighted by atomic mass is 35.5. The average molecular weight is 460 g/mol. The number of unbranched alkanes of at least 4 members (excludes halogenated alkanes) is 1. The molecule has 1 heterocycles. The van der Waals surface area contributed by atoms with Gasteiger partial charge in [-0.25, -0.2) is 13.1 Å². The predicted octanol–water partition coefficient (Wildman–Crippen LogP) is 3.78. The van der Waals surface area contributed by atoms with E-state index in [0.717, 1.165) is 18.8 Å². The summed E-state index contributed by atoms with van der Waals surface area (Å²) in [5.41, 5.74) is 1.58. The Morgan fingerprint density at radius 3 is 2.40 bits per heavy atom. The van der Waals surface area contributed by atoms with Crippen LogP contribution in [-0.2, 0) is 19.6 Å². The number of morpholine rings is 1. The van der Waals surface area contributed by atoms with E-state index in [0.29, 0.717) is 36.5 Å². The Morgan fingerprint density at radius 2 is 1.83 bits per heavy atom. The molecule has 1 aromatic carbocycles. The first-order valence-corrected chi connectivity index (χ1v) is 12.2. The lowest BCUT2D eigenvalue weighted by molar-refractivity contribution is -0.116. The summed E-state index contributed by atoms with van der Waals surface area (Å²) < 4.78 is 31.5. The van der Waals surface area contributed by atoms with Gasteiger partial charge in [0.25, 0.3) is 0 Å². The van der Waals surface area contributed by atoms with Crippen molar-refractivity contribution in [2.24, 2.45) is 0 Å². The number of nitrogens with zero attached hydrogens (tertiary/aromatic N) is 1. The number of sulfonamides is 1. The minimum Gasteiger partial charge on any atom is -0.372 e. The van der Waals surface area contributed by atoms with Crippen molar-refractivity contribution in [1.29, 1.82) is 0 Å². The van der Waals surface area contributed by atoms with Crippen molar-refractivity contribution in [1.82, 2.24) is 4.72 Å². The highest BCUT2D eigenvalue weighted by molar-refractivity contribution is 7.90. The maximum absolute atomic E-state index is 12.2. The lowest BCUT2D eigenvalue weighted by Gasteiger charge is -2.37. The van der Waals surface area contributed by atoms with Crippen LogP contribution in [0.4, 0.5) is 11.4 Å². The second kappa shape index (κ2) is 10.3. The van der Waals surface area contributed by atoms with Crippen LogP contribution >= 0.6 is 11.6 Å². The summed E-state index contributed by atoms with van der Waals surface area (Å²) in [6.45, 7) is 10.9. The quantitative estimate of drug-likeness (QED) is 0.577. The third-order valence-electron chi connectivity index (χ3n) is 4.92. The smallest absolute Gasteiger partial charge is 0.224 e. The predicted molar refractivity (Wildman–Crippen MR) is 123 cm³/mol. The van der Waals surface area contributed by atoms with Crippen LogP contribution in [0.5, 0.6) is 0 Å². The number of benzene rings is 1. The zero-order valence-electron chi connectivity index (χ0n) is 18.5. The molecule has 30 heavy (non-hydrogen) atoms. The molecule has 0 radical (unpaired) electrons. The van der Waals surface area contributed by atoms with Crippen molar-refractivity contribution in [3.63, 3.8) is 0 Å². The molecule has 2 rings (SSSR count). The van der Waals surface area contributed by atoms with E-state index in [1.165, 1.54) is 0 Å². The first kappa shape index (κ1) is 24.9. The van der Waals surface area contributed by atoms with E-state index in [1.807, 2.05) is 26.0 Å². The van der Waals surface area contributed by atoms with E-state index in [-0.39, 0.29) is 18.1 Å². The number of carbonyl (C=O) groups is 1. The number of carbonyl (C=O) groups excluding carboxylic acids is 1. The zero-order chi connectivity index (χ0) is 22.5. The third-order valence-corrected chi connectivity index (χ3v) is 7.42. The molecule has 0 saturated carbocycles.